The van der Waals surface area contributed by atoms with Crippen LogP contribution in [0, 0.1) is 0 Å². The fraction of sp³-hybridized carbons (Fsp3) is 0.150. The van der Waals surface area contributed by atoms with E-state index in [0.717, 1.165) is 24.2 Å². The number of aromatic nitrogens is 4. The van der Waals surface area contributed by atoms with Gasteiger partial charge in [-0.2, -0.15) is 9.50 Å². The maximum Gasteiger partial charge on any atom is 0.275 e. The molecular formula is C20H17N5O. The van der Waals surface area contributed by atoms with Crippen LogP contribution in [0.3, 0.4) is 0 Å². The van der Waals surface area contributed by atoms with Crippen LogP contribution >= 0.6 is 0 Å². The molecular weight excluding hydrogens is 326 g/mol. The summed E-state index contributed by atoms with van der Waals surface area (Å²) in [5, 5.41) is 4.34. The van der Waals surface area contributed by atoms with Gasteiger partial charge < -0.3 is 9.88 Å². The minimum absolute atomic E-state index is 0.170. The molecule has 1 N–H and O–H groups in total. The van der Waals surface area contributed by atoms with Crippen molar-refractivity contribution in [2.45, 2.75) is 13.0 Å². The van der Waals surface area contributed by atoms with E-state index in [0.29, 0.717) is 18.1 Å². The molecule has 4 aromatic rings. The first-order valence-electron chi connectivity index (χ1n) is 8.65. The number of anilines is 1. The smallest absolute Gasteiger partial charge is 0.275 e. The Morgan fingerprint density at radius 2 is 1.85 bits per heavy atom. The molecule has 1 aliphatic rings. The first-order chi connectivity index (χ1) is 12.8. The number of hydrogen-bond acceptors (Lipinski definition) is 4. The van der Waals surface area contributed by atoms with E-state index >= 15 is 0 Å². The number of aromatic amines is 1. The van der Waals surface area contributed by atoms with Crippen LogP contribution in [0.25, 0.3) is 17.2 Å². The van der Waals surface area contributed by atoms with E-state index in [2.05, 4.69) is 38.2 Å². The summed E-state index contributed by atoms with van der Waals surface area (Å²) in [6.07, 6.45) is 1.03. The van der Waals surface area contributed by atoms with E-state index in [1.165, 1.54) is 15.8 Å². The highest BCUT2D eigenvalue weighted by molar-refractivity contribution is 5.58. The van der Waals surface area contributed by atoms with Crippen LogP contribution in [-0.4, -0.2) is 26.1 Å². The number of nitrogens with zero attached hydrogens (tertiary/aromatic N) is 4. The summed E-state index contributed by atoms with van der Waals surface area (Å²) in [7, 11) is 0. The summed E-state index contributed by atoms with van der Waals surface area (Å²) >= 11 is 0. The molecule has 0 radical (unpaired) electrons. The Bertz CT molecular complexity index is 1150. The summed E-state index contributed by atoms with van der Waals surface area (Å²) in [5.41, 5.74) is 4.14. The Labute approximate surface area is 149 Å². The Balaban J connectivity index is 1.51. The molecule has 0 bridgehead atoms. The maximum absolute atomic E-state index is 12.5. The lowest BCUT2D eigenvalue weighted by Crippen LogP contribution is -2.23. The van der Waals surface area contributed by atoms with Crippen LogP contribution in [0.4, 0.5) is 5.69 Å². The molecule has 0 unspecified atom stereocenters. The summed E-state index contributed by atoms with van der Waals surface area (Å²) in [4.78, 5) is 22.5. The number of benzene rings is 2. The number of H-pyrrole nitrogens is 1. The molecule has 0 spiro atoms. The molecule has 5 rings (SSSR count). The second kappa shape index (κ2) is 5.84. The molecule has 26 heavy (non-hydrogen) atoms. The molecule has 0 aliphatic carbocycles. The third-order valence-electron chi connectivity index (χ3n) is 4.76. The van der Waals surface area contributed by atoms with Gasteiger partial charge in [0.05, 0.1) is 6.54 Å². The first-order valence-corrected chi connectivity index (χ1v) is 8.65. The van der Waals surface area contributed by atoms with E-state index in [1.54, 1.807) is 6.07 Å². The minimum atomic E-state index is -0.170. The van der Waals surface area contributed by atoms with E-state index in [4.69, 9.17) is 0 Å². The number of para-hydroxylation sites is 1. The van der Waals surface area contributed by atoms with E-state index in [1.807, 2.05) is 36.4 Å². The SMILES string of the molecule is O=c1cc(CN2CCc3ccccc32)[nH]c2nc(-c3ccccc3)nn12. The molecule has 6 heteroatoms. The summed E-state index contributed by atoms with van der Waals surface area (Å²) in [6.45, 7) is 1.60. The predicted molar refractivity (Wildman–Crippen MR) is 100 cm³/mol. The lowest BCUT2D eigenvalue weighted by molar-refractivity contribution is 0.798. The lowest BCUT2D eigenvalue weighted by atomic mass is 10.2. The van der Waals surface area contributed by atoms with Crippen molar-refractivity contribution >= 4 is 11.5 Å². The highest BCUT2D eigenvalue weighted by Gasteiger charge is 2.19. The highest BCUT2D eigenvalue weighted by Crippen LogP contribution is 2.28. The highest BCUT2D eigenvalue weighted by atomic mass is 16.1. The zero-order valence-corrected chi connectivity index (χ0v) is 14.1. The number of fused-ring (bicyclic) bond motifs is 2. The van der Waals surface area contributed by atoms with Crippen LogP contribution in [0.15, 0.2) is 65.5 Å². The normalized spacial score (nSPS) is 13.3. The number of rotatable bonds is 3. The van der Waals surface area contributed by atoms with E-state index < -0.39 is 0 Å². The van der Waals surface area contributed by atoms with Crippen LogP contribution in [0.5, 0.6) is 0 Å². The van der Waals surface area contributed by atoms with E-state index in [-0.39, 0.29) is 5.56 Å². The summed E-state index contributed by atoms with van der Waals surface area (Å²) in [5.74, 6) is 1.02. The minimum Gasteiger partial charge on any atom is -0.365 e. The zero-order valence-electron chi connectivity index (χ0n) is 14.1. The molecule has 0 fully saturated rings. The number of hydrogen-bond donors (Lipinski definition) is 1. The van der Waals surface area contributed by atoms with Crippen molar-refractivity contribution in [3.63, 3.8) is 0 Å². The Hall–Kier alpha value is -3.41. The zero-order chi connectivity index (χ0) is 17.5. The molecule has 128 valence electrons. The Morgan fingerprint density at radius 1 is 1.04 bits per heavy atom. The summed E-state index contributed by atoms with van der Waals surface area (Å²) in [6, 6.07) is 19.7. The average molecular weight is 343 g/mol. The van der Waals surface area contributed by atoms with Gasteiger partial charge in [-0.3, -0.25) is 4.79 Å². The summed E-state index contributed by atoms with van der Waals surface area (Å²) < 4.78 is 1.32. The topological polar surface area (TPSA) is 66.3 Å². The van der Waals surface area contributed by atoms with E-state index in [9.17, 15) is 4.79 Å². The fourth-order valence-electron chi connectivity index (χ4n) is 3.51. The molecule has 0 saturated heterocycles. The van der Waals surface area contributed by atoms with Crippen LogP contribution < -0.4 is 10.5 Å². The standard InChI is InChI=1S/C20H17N5O/c26-18-12-16(13-24-11-10-14-6-4-5-9-17(14)24)21-20-22-19(23-25(18)20)15-7-2-1-3-8-15/h1-9,12H,10-11,13H2,(H,21,22,23). The van der Waals surface area contributed by atoms with Gasteiger partial charge in [0.15, 0.2) is 5.82 Å². The Kier molecular flexibility index (Phi) is 3.35. The van der Waals surface area contributed by atoms with Crippen molar-refractivity contribution in [1.82, 2.24) is 19.6 Å². The van der Waals surface area contributed by atoms with Crippen LogP contribution in [-0.2, 0) is 13.0 Å². The molecule has 3 heterocycles. The molecule has 0 atom stereocenters. The molecule has 0 amide bonds. The molecule has 2 aromatic carbocycles. The van der Waals surface area contributed by atoms with Gasteiger partial charge in [0.25, 0.3) is 5.56 Å². The van der Waals surface area contributed by atoms with Crippen molar-refractivity contribution < 1.29 is 0 Å². The average Bonchev–Trinajstić information content (AvgIpc) is 3.28. The largest absolute Gasteiger partial charge is 0.365 e. The first kappa shape index (κ1) is 14.9. The maximum atomic E-state index is 12.5. The molecule has 2 aromatic heterocycles. The van der Waals surface area contributed by atoms with Gasteiger partial charge in [-0.25, -0.2) is 0 Å². The second-order valence-corrected chi connectivity index (χ2v) is 6.47. The third kappa shape index (κ3) is 2.47. The third-order valence-corrected chi connectivity index (χ3v) is 4.76. The van der Waals surface area contributed by atoms with Gasteiger partial charge in [0.1, 0.15) is 0 Å². The van der Waals surface area contributed by atoms with Gasteiger partial charge in [-0.05, 0) is 18.1 Å². The quantitative estimate of drug-likeness (QED) is 0.621. The van der Waals surface area contributed by atoms with Gasteiger partial charge >= 0.3 is 0 Å². The molecule has 0 saturated carbocycles. The van der Waals surface area contributed by atoms with Gasteiger partial charge in [0.2, 0.25) is 5.78 Å². The van der Waals surface area contributed by atoms with Crippen LogP contribution in [0.1, 0.15) is 11.3 Å². The van der Waals surface area contributed by atoms with Crippen molar-refractivity contribution in [2.24, 2.45) is 0 Å². The van der Waals surface area contributed by atoms with Gasteiger partial charge in [-0.1, -0.05) is 48.5 Å². The number of nitrogens with one attached hydrogen (secondary N) is 1. The second-order valence-electron chi connectivity index (χ2n) is 6.47. The monoisotopic (exact) mass is 343 g/mol. The predicted octanol–water partition coefficient (Wildman–Crippen LogP) is 2.65. The van der Waals surface area contributed by atoms with Crippen molar-refractivity contribution in [3.8, 4) is 11.4 Å². The van der Waals surface area contributed by atoms with Gasteiger partial charge in [0, 0.05) is 29.6 Å². The molecule has 1 aliphatic heterocycles. The van der Waals surface area contributed by atoms with Crippen molar-refractivity contribution in [1.29, 1.82) is 0 Å². The van der Waals surface area contributed by atoms with Gasteiger partial charge in [-0.15, -0.1) is 5.10 Å². The fourth-order valence-corrected chi connectivity index (χ4v) is 3.51. The molecule has 6 nitrogen and oxygen atoms in total. The van der Waals surface area contributed by atoms with Crippen LogP contribution in [0.2, 0.25) is 0 Å². The lowest BCUT2D eigenvalue weighted by Gasteiger charge is -2.19. The van der Waals surface area contributed by atoms with Crippen molar-refractivity contribution in [3.05, 3.63) is 82.3 Å². The van der Waals surface area contributed by atoms with Crippen molar-refractivity contribution in [2.75, 3.05) is 11.4 Å². The Morgan fingerprint density at radius 3 is 2.73 bits per heavy atom.